The monoisotopic (exact) mass is 445 g/mol. The second kappa shape index (κ2) is 9.18. The number of fused-ring (bicyclic) bond motifs is 1. The van der Waals surface area contributed by atoms with E-state index < -0.39 is 0 Å². The number of carbonyl (C=O) groups excluding carboxylic acids is 1. The number of nitrogens with zero attached hydrogens (tertiary/aromatic N) is 2. The van der Waals surface area contributed by atoms with Gasteiger partial charge in [0, 0.05) is 41.7 Å². The molecule has 2 aliphatic heterocycles. The average Bonchev–Trinajstić information content (AvgIpc) is 3.23. The number of H-pyrrole nitrogens is 1. The molecular weight excluding hydrogens is 410 g/mol. The van der Waals surface area contributed by atoms with Gasteiger partial charge >= 0.3 is 0 Å². The summed E-state index contributed by atoms with van der Waals surface area (Å²) in [5.74, 6) is 2.00. The minimum Gasteiger partial charge on any atom is -0.384 e. The van der Waals surface area contributed by atoms with Gasteiger partial charge in [0.05, 0.1) is 5.69 Å². The van der Waals surface area contributed by atoms with Crippen LogP contribution in [0, 0.1) is 5.92 Å². The van der Waals surface area contributed by atoms with E-state index in [4.69, 9.17) is 5.73 Å². The summed E-state index contributed by atoms with van der Waals surface area (Å²) >= 11 is 0. The van der Waals surface area contributed by atoms with Gasteiger partial charge in [-0.3, -0.25) is 4.79 Å². The fourth-order valence-corrected chi connectivity index (χ4v) is 5.68. The molecule has 0 unspecified atom stereocenters. The van der Waals surface area contributed by atoms with Crippen molar-refractivity contribution in [2.45, 2.75) is 51.4 Å². The maximum absolute atomic E-state index is 12.9. The number of nitrogens with two attached hydrogens (primary N) is 1. The van der Waals surface area contributed by atoms with Gasteiger partial charge < -0.3 is 20.9 Å². The number of benzene rings is 1. The fourth-order valence-electron chi connectivity index (χ4n) is 5.68. The minimum absolute atomic E-state index is 0.216. The zero-order chi connectivity index (χ0) is 22.9. The lowest BCUT2D eigenvalue weighted by molar-refractivity contribution is -0.137. The Balaban J connectivity index is 1.37. The molecule has 1 aromatic carbocycles. The molecule has 0 saturated carbocycles. The summed E-state index contributed by atoms with van der Waals surface area (Å²) in [6.07, 6.45) is 5.80. The largest absolute Gasteiger partial charge is 0.384 e. The van der Waals surface area contributed by atoms with Gasteiger partial charge in [-0.2, -0.15) is 0 Å². The number of aromatic amines is 1. The van der Waals surface area contributed by atoms with Gasteiger partial charge in [-0.1, -0.05) is 19.9 Å². The van der Waals surface area contributed by atoms with Gasteiger partial charge in [0.25, 0.3) is 0 Å². The van der Waals surface area contributed by atoms with E-state index in [-0.39, 0.29) is 5.92 Å². The van der Waals surface area contributed by atoms with Crippen LogP contribution < -0.4 is 11.1 Å². The number of nitrogen functional groups attached to an aromatic ring is 1. The van der Waals surface area contributed by atoms with E-state index in [1.165, 1.54) is 16.5 Å². The van der Waals surface area contributed by atoms with E-state index in [9.17, 15) is 4.79 Å². The first kappa shape index (κ1) is 22.0. The van der Waals surface area contributed by atoms with Gasteiger partial charge in [-0.25, -0.2) is 4.98 Å². The summed E-state index contributed by atoms with van der Waals surface area (Å²) in [7, 11) is 0. The van der Waals surface area contributed by atoms with Crippen LogP contribution >= 0.6 is 0 Å². The van der Waals surface area contributed by atoms with Crippen molar-refractivity contribution in [3.05, 3.63) is 47.7 Å². The maximum Gasteiger partial charge on any atom is 0.225 e. The molecule has 2 fully saturated rings. The van der Waals surface area contributed by atoms with Gasteiger partial charge in [-0.05, 0) is 86.0 Å². The maximum atomic E-state index is 12.9. The number of anilines is 1. The summed E-state index contributed by atoms with van der Waals surface area (Å²) < 4.78 is 0. The molecule has 2 saturated heterocycles. The quantitative estimate of drug-likeness (QED) is 0.546. The number of pyridine rings is 1. The van der Waals surface area contributed by atoms with Crippen LogP contribution in [-0.4, -0.2) is 47.0 Å². The zero-order valence-electron chi connectivity index (χ0n) is 19.7. The van der Waals surface area contributed by atoms with Crippen LogP contribution in [0.5, 0.6) is 0 Å². The van der Waals surface area contributed by atoms with Crippen LogP contribution in [-0.2, 0) is 4.79 Å². The van der Waals surface area contributed by atoms with Crippen LogP contribution in [0.3, 0.4) is 0 Å². The molecule has 174 valence electrons. The highest BCUT2D eigenvalue weighted by Crippen LogP contribution is 2.38. The van der Waals surface area contributed by atoms with Crippen LogP contribution in [0.15, 0.2) is 36.5 Å². The predicted octanol–water partition coefficient (Wildman–Crippen LogP) is 4.64. The first-order valence-electron chi connectivity index (χ1n) is 12.4. The molecule has 5 rings (SSSR count). The Bertz CT molecular complexity index is 1140. The molecule has 0 bridgehead atoms. The Kier molecular flexibility index (Phi) is 6.11. The number of nitrogens with one attached hydrogen (secondary N) is 2. The molecule has 6 nitrogen and oxygen atoms in total. The van der Waals surface area contributed by atoms with E-state index in [2.05, 4.69) is 52.2 Å². The van der Waals surface area contributed by atoms with Gasteiger partial charge in [0.2, 0.25) is 5.91 Å². The number of likely N-dealkylation sites (tertiary alicyclic amines) is 1. The minimum atomic E-state index is 0.216. The van der Waals surface area contributed by atoms with E-state index in [1.807, 2.05) is 12.1 Å². The lowest BCUT2D eigenvalue weighted by Crippen LogP contribution is -2.44. The molecule has 0 radical (unpaired) electrons. The van der Waals surface area contributed by atoms with E-state index in [1.54, 1.807) is 6.20 Å². The molecule has 1 amide bonds. The van der Waals surface area contributed by atoms with Crippen molar-refractivity contribution >= 4 is 22.6 Å². The molecule has 0 aliphatic carbocycles. The van der Waals surface area contributed by atoms with Crippen molar-refractivity contribution in [2.75, 3.05) is 31.9 Å². The summed E-state index contributed by atoms with van der Waals surface area (Å²) in [5, 5.41) is 4.65. The Hall–Kier alpha value is -2.86. The summed E-state index contributed by atoms with van der Waals surface area (Å²) in [6.45, 7) is 8.17. The second-order valence-corrected chi connectivity index (χ2v) is 9.97. The highest BCUT2D eigenvalue weighted by Gasteiger charge is 2.30. The highest BCUT2D eigenvalue weighted by molar-refractivity contribution is 5.92. The Morgan fingerprint density at radius 1 is 1.09 bits per heavy atom. The molecule has 0 spiro atoms. The number of aromatic nitrogens is 2. The van der Waals surface area contributed by atoms with Crippen LogP contribution in [0.1, 0.15) is 62.5 Å². The molecule has 6 heteroatoms. The molecule has 4 N–H and O–H groups in total. The van der Waals surface area contributed by atoms with Crippen molar-refractivity contribution in [3.63, 3.8) is 0 Å². The number of hydrogen-bond donors (Lipinski definition) is 3. The number of rotatable bonds is 4. The molecular formula is C27H35N5O. The van der Waals surface area contributed by atoms with Crippen LogP contribution in [0.2, 0.25) is 0 Å². The summed E-state index contributed by atoms with van der Waals surface area (Å²) in [6, 6.07) is 10.8. The number of carbonyl (C=O) groups is 1. The van der Waals surface area contributed by atoms with Crippen molar-refractivity contribution in [2.24, 2.45) is 5.92 Å². The SMILES string of the molecule is CC(C)c1c(-c2ccnc(N)c2)[nH]c2ccc(C3CCN(C(=O)C4CCNCC4)CC3)cc12. The Labute approximate surface area is 196 Å². The predicted molar refractivity (Wildman–Crippen MR) is 134 cm³/mol. The molecule has 3 aromatic rings. The van der Waals surface area contributed by atoms with E-state index in [0.717, 1.165) is 68.6 Å². The van der Waals surface area contributed by atoms with Crippen LogP contribution in [0.25, 0.3) is 22.2 Å². The number of piperidine rings is 2. The van der Waals surface area contributed by atoms with Gasteiger partial charge in [0.1, 0.15) is 5.82 Å². The van der Waals surface area contributed by atoms with E-state index >= 15 is 0 Å². The molecule has 33 heavy (non-hydrogen) atoms. The Morgan fingerprint density at radius 2 is 1.85 bits per heavy atom. The third-order valence-electron chi connectivity index (χ3n) is 7.48. The molecule has 4 heterocycles. The summed E-state index contributed by atoms with van der Waals surface area (Å²) in [5.41, 5.74) is 12.0. The fraction of sp³-hybridized carbons (Fsp3) is 0.481. The van der Waals surface area contributed by atoms with E-state index in [0.29, 0.717) is 23.6 Å². The normalized spacial score (nSPS) is 18.3. The van der Waals surface area contributed by atoms with Crippen molar-refractivity contribution < 1.29 is 4.79 Å². The first-order chi connectivity index (χ1) is 16.0. The van der Waals surface area contributed by atoms with Crippen molar-refractivity contribution in [3.8, 4) is 11.3 Å². The Morgan fingerprint density at radius 3 is 2.55 bits per heavy atom. The standard InChI is InChI=1S/C27H35N5O/c1-17(2)25-22-15-20(3-4-23(22)31-26(25)21-7-12-30-24(28)16-21)18-8-13-32(14-9-18)27(33)19-5-10-29-11-6-19/h3-4,7,12,15-19,29,31H,5-6,8-11,13-14H2,1-2H3,(H2,28,30). The summed E-state index contributed by atoms with van der Waals surface area (Å²) in [4.78, 5) is 22.8. The van der Waals surface area contributed by atoms with Crippen molar-refractivity contribution in [1.29, 1.82) is 0 Å². The average molecular weight is 446 g/mol. The molecule has 2 aromatic heterocycles. The highest BCUT2D eigenvalue weighted by atomic mass is 16.2. The third kappa shape index (κ3) is 4.36. The van der Waals surface area contributed by atoms with Gasteiger partial charge in [0.15, 0.2) is 0 Å². The second-order valence-electron chi connectivity index (χ2n) is 9.97. The topological polar surface area (TPSA) is 87.0 Å². The zero-order valence-corrected chi connectivity index (χ0v) is 19.7. The van der Waals surface area contributed by atoms with Crippen LogP contribution in [0.4, 0.5) is 5.82 Å². The molecule has 2 aliphatic rings. The van der Waals surface area contributed by atoms with Crippen molar-refractivity contribution in [1.82, 2.24) is 20.2 Å². The number of hydrogen-bond acceptors (Lipinski definition) is 4. The lowest BCUT2D eigenvalue weighted by Gasteiger charge is -2.35. The first-order valence-corrected chi connectivity index (χ1v) is 12.4. The number of amides is 1. The smallest absolute Gasteiger partial charge is 0.225 e. The van der Waals surface area contributed by atoms with Gasteiger partial charge in [-0.15, -0.1) is 0 Å². The molecule has 0 atom stereocenters. The lowest BCUT2D eigenvalue weighted by atomic mass is 9.86. The third-order valence-corrected chi connectivity index (χ3v) is 7.48.